The molecular formula is C17H23N5O3S. The second-order valence-electron chi connectivity index (χ2n) is 6.26. The number of esters is 1. The van der Waals surface area contributed by atoms with Crippen LogP contribution in [-0.2, 0) is 27.9 Å². The van der Waals surface area contributed by atoms with Gasteiger partial charge in [-0.1, -0.05) is 0 Å². The van der Waals surface area contributed by atoms with Gasteiger partial charge in [-0.05, 0) is 27.7 Å². The van der Waals surface area contributed by atoms with Crippen LogP contribution in [0.1, 0.15) is 40.4 Å². The highest BCUT2D eigenvalue weighted by Crippen LogP contribution is 2.45. The van der Waals surface area contributed by atoms with E-state index in [0.29, 0.717) is 18.2 Å². The van der Waals surface area contributed by atoms with E-state index in [4.69, 9.17) is 4.74 Å². The number of nitrogens with zero attached hydrogens (tertiary/aromatic N) is 4. The van der Waals surface area contributed by atoms with Crippen LogP contribution in [0.5, 0.6) is 0 Å². The Morgan fingerprint density at radius 1 is 1.27 bits per heavy atom. The molecular weight excluding hydrogens is 354 g/mol. The van der Waals surface area contributed by atoms with E-state index in [1.54, 1.807) is 18.7 Å². The summed E-state index contributed by atoms with van der Waals surface area (Å²) in [6, 6.07) is 0. The van der Waals surface area contributed by atoms with Gasteiger partial charge in [0.25, 0.3) is 0 Å². The van der Waals surface area contributed by atoms with Gasteiger partial charge >= 0.3 is 5.97 Å². The monoisotopic (exact) mass is 377 g/mol. The van der Waals surface area contributed by atoms with Gasteiger partial charge in [0.15, 0.2) is 0 Å². The van der Waals surface area contributed by atoms with Crippen LogP contribution < -0.4 is 5.32 Å². The van der Waals surface area contributed by atoms with Gasteiger partial charge in [0.1, 0.15) is 12.4 Å². The number of rotatable bonds is 4. The third kappa shape index (κ3) is 3.23. The number of thioether (sulfide) groups is 1. The van der Waals surface area contributed by atoms with Crippen molar-refractivity contribution in [2.75, 3.05) is 17.7 Å². The average Bonchev–Trinajstić information content (AvgIpc) is 2.91. The number of ether oxygens (including phenoxy) is 1. The molecule has 140 valence electrons. The van der Waals surface area contributed by atoms with Gasteiger partial charge in [-0.15, -0.1) is 11.8 Å². The third-order valence-corrected chi connectivity index (χ3v) is 5.72. The molecule has 2 aromatic rings. The number of carbonyl (C=O) groups excluding carboxylic acids is 2. The number of amides is 1. The zero-order chi connectivity index (χ0) is 19.0. The number of hydrogen-bond acceptors (Lipinski definition) is 6. The van der Waals surface area contributed by atoms with Crippen molar-refractivity contribution in [1.29, 1.82) is 0 Å². The normalized spacial score (nSPS) is 16.8. The van der Waals surface area contributed by atoms with Crippen molar-refractivity contribution in [1.82, 2.24) is 19.6 Å². The molecule has 0 saturated carbocycles. The summed E-state index contributed by atoms with van der Waals surface area (Å²) in [5.74, 6) is 0.404. The zero-order valence-corrected chi connectivity index (χ0v) is 16.4. The van der Waals surface area contributed by atoms with E-state index < -0.39 is 0 Å². The Kier molecular flexibility index (Phi) is 5.08. The molecule has 0 aliphatic carbocycles. The smallest absolute Gasteiger partial charge is 0.327 e. The molecule has 3 heterocycles. The van der Waals surface area contributed by atoms with Gasteiger partial charge in [0, 0.05) is 23.9 Å². The van der Waals surface area contributed by atoms with Crippen LogP contribution in [0, 0.1) is 20.8 Å². The first kappa shape index (κ1) is 18.5. The summed E-state index contributed by atoms with van der Waals surface area (Å²) in [5, 5.41) is 11.8. The van der Waals surface area contributed by atoms with Crippen molar-refractivity contribution >= 4 is 29.5 Å². The topological polar surface area (TPSA) is 91.0 Å². The van der Waals surface area contributed by atoms with Crippen molar-refractivity contribution in [3.8, 4) is 0 Å². The number of carbonyl (C=O) groups is 2. The van der Waals surface area contributed by atoms with E-state index in [2.05, 4.69) is 15.5 Å². The minimum absolute atomic E-state index is 0.0350. The number of fused-ring (bicyclic) bond motifs is 1. The van der Waals surface area contributed by atoms with Crippen LogP contribution in [0.2, 0.25) is 0 Å². The summed E-state index contributed by atoms with van der Waals surface area (Å²) in [5.41, 5.74) is 4.78. The Balaban J connectivity index is 2.11. The second-order valence-corrected chi connectivity index (χ2v) is 7.35. The molecule has 3 rings (SSSR count). The molecule has 0 spiro atoms. The SMILES string of the molecule is CCOC(=O)Cn1nc(C)c2c1NC(=O)CS[C@H]2c1c(C)nn(C)c1C. The van der Waals surface area contributed by atoms with Gasteiger partial charge in [0.2, 0.25) is 5.91 Å². The second kappa shape index (κ2) is 7.14. The molecule has 2 aromatic heterocycles. The van der Waals surface area contributed by atoms with Crippen molar-refractivity contribution in [2.45, 2.75) is 39.5 Å². The summed E-state index contributed by atoms with van der Waals surface area (Å²) in [7, 11) is 1.91. The Morgan fingerprint density at radius 2 is 1.96 bits per heavy atom. The van der Waals surface area contributed by atoms with E-state index in [1.165, 1.54) is 4.68 Å². The lowest BCUT2D eigenvalue weighted by Crippen LogP contribution is -2.20. The van der Waals surface area contributed by atoms with Gasteiger partial charge in [-0.25, -0.2) is 4.68 Å². The maximum Gasteiger partial charge on any atom is 0.327 e. The van der Waals surface area contributed by atoms with Crippen LogP contribution in [0.25, 0.3) is 0 Å². The van der Waals surface area contributed by atoms with E-state index in [0.717, 1.165) is 28.2 Å². The summed E-state index contributed by atoms with van der Waals surface area (Å²) in [6.07, 6.45) is 0. The number of anilines is 1. The lowest BCUT2D eigenvalue weighted by Gasteiger charge is -2.16. The van der Waals surface area contributed by atoms with Crippen molar-refractivity contribution < 1.29 is 14.3 Å². The van der Waals surface area contributed by atoms with Gasteiger partial charge < -0.3 is 10.1 Å². The first-order chi connectivity index (χ1) is 12.3. The number of nitrogens with one attached hydrogen (secondary N) is 1. The fourth-order valence-corrected chi connectivity index (χ4v) is 4.64. The summed E-state index contributed by atoms with van der Waals surface area (Å²) in [4.78, 5) is 24.2. The first-order valence-corrected chi connectivity index (χ1v) is 9.52. The third-order valence-electron chi connectivity index (χ3n) is 4.49. The quantitative estimate of drug-likeness (QED) is 0.818. The zero-order valence-electron chi connectivity index (χ0n) is 15.6. The molecule has 0 bridgehead atoms. The Morgan fingerprint density at radius 3 is 2.58 bits per heavy atom. The molecule has 9 heteroatoms. The minimum atomic E-state index is -0.380. The van der Waals surface area contributed by atoms with Crippen LogP contribution >= 0.6 is 11.8 Å². The minimum Gasteiger partial charge on any atom is -0.465 e. The van der Waals surface area contributed by atoms with Gasteiger partial charge in [0.05, 0.1) is 29.0 Å². The van der Waals surface area contributed by atoms with Crippen molar-refractivity contribution in [2.24, 2.45) is 7.05 Å². The fraction of sp³-hybridized carbons (Fsp3) is 0.529. The standard InChI is InChI=1S/C17H23N5O3S/c1-6-25-13(24)7-22-17-15(10(3)20-22)16(26-8-12(23)18-17)14-9(2)19-21(5)11(14)4/h16H,6-8H2,1-5H3,(H,18,23)/t16-/m0/s1. The lowest BCUT2D eigenvalue weighted by molar-refractivity contribution is -0.144. The van der Waals surface area contributed by atoms with Gasteiger partial charge in [-0.3, -0.25) is 14.3 Å². The number of aromatic nitrogens is 4. The molecule has 0 fully saturated rings. The van der Waals surface area contributed by atoms with E-state index in [1.807, 2.05) is 32.5 Å². The van der Waals surface area contributed by atoms with Crippen LogP contribution in [0.4, 0.5) is 5.82 Å². The predicted molar refractivity (Wildman–Crippen MR) is 99.2 cm³/mol. The molecule has 8 nitrogen and oxygen atoms in total. The lowest BCUT2D eigenvalue weighted by atomic mass is 10.0. The van der Waals surface area contributed by atoms with Crippen LogP contribution in [-0.4, -0.2) is 43.8 Å². The van der Waals surface area contributed by atoms with Crippen LogP contribution in [0.15, 0.2) is 0 Å². The Hall–Kier alpha value is -2.29. The van der Waals surface area contributed by atoms with Crippen molar-refractivity contribution in [3.05, 3.63) is 28.2 Å². The van der Waals surface area contributed by atoms with Gasteiger partial charge in [-0.2, -0.15) is 10.2 Å². The molecule has 0 radical (unpaired) electrons. The summed E-state index contributed by atoms with van der Waals surface area (Å²) in [6.45, 7) is 7.92. The predicted octanol–water partition coefficient (Wildman–Crippen LogP) is 1.88. The molecule has 1 amide bonds. The highest BCUT2D eigenvalue weighted by Gasteiger charge is 2.33. The molecule has 0 saturated heterocycles. The largest absolute Gasteiger partial charge is 0.465 e. The highest BCUT2D eigenvalue weighted by atomic mass is 32.2. The molecule has 0 aromatic carbocycles. The Bertz CT molecular complexity index is 870. The molecule has 1 N–H and O–H groups in total. The van der Waals surface area contributed by atoms with E-state index >= 15 is 0 Å². The molecule has 1 atom stereocenters. The molecule has 0 unspecified atom stereocenters. The first-order valence-electron chi connectivity index (χ1n) is 8.47. The van der Waals surface area contributed by atoms with Crippen molar-refractivity contribution in [3.63, 3.8) is 0 Å². The molecule has 1 aliphatic rings. The molecule has 1 aliphatic heterocycles. The molecule has 26 heavy (non-hydrogen) atoms. The average molecular weight is 377 g/mol. The number of aryl methyl sites for hydroxylation is 3. The number of hydrogen-bond donors (Lipinski definition) is 1. The Labute approximate surface area is 156 Å². The fourth-order valence-electron chi connectivity index (χ4n) is 3.29. The highest BCUT2D eigenvalue weighted by molar-refractivity contribution is 8.00. The maximum atomic E-state index is 12.3. The van der Waals surface area contributed by atoms with Crippen LogP contribution in [0.3, 0.4) is 0 Å². The summed E-state index contributed by atoms with van der Waals surface area (Å²) >= 11 is 1.55. The van der Waals surface area contributed by atoms with E-state index in [-0.39, 0.29) is 23.7 Å². The maximum absolute atomic E-state index is 12.3. The van der Waals surface area contributed by atoms with E-state index in [9.17, 15) is 9.59 Å². The summed E-state index contributed by atoms with van der Waals surface area (Å²) < 4.78 is 8.41.